The molecular weight excluding hydrogens is 452 g/mol. The van der Waals surface area contributed by atoms with E-state index in [4.69, 9.17) is 13.6 Å². The second kappa shape index (κ2) is 8.79. The maximum absolute atomic E-state index is 12.9. The number of furan rings is 1. The lowest BCUT2D eigenvalue weighted by atomic mass is 10.0. The van der Waals surface area contributed by atoms with Crippen molar-refractivity contribution in [1.29, 1.82) is 0 Å². The molecule has 0 spiro atoms. The van der Waals surface area contributed by atoms with Crippen molar-refractivity contribution < 1.29 is 18.4 Å². The van der Waals surface area contributed by atoms with Gasteiger partial charge in [0, 0.05) is 22.6 Å². The van der Waals surface area contributed by atoms with E-state index >= 15 is 0 Å². The summed E-state index contributed by atoms with van der Waals surface area (Å²) in [7, 11) is 1.63. The SMILES string of the molecule is COc1ccc2cc(-c3oc4cc(C)oc(=O)c4c3CC(=O)NCc3csc(C)n3)ccc2c1. The molecule has 0 saturated carbocycles. The Morgan fingerprint density at radius 3 is 2.65 bits per heavy atom. The van der Waals surface area contributed by atoms with Gasteiger partial charge in [-0.1, -0.05) is 18.2 Å². The highest BCUT2D eigenvalue weighted by molar-refractivity contribution is 7.09. The Morgan fingerprint density at radius 1 is 1.09 bits per heavy atom. The molecule has 3 heterocycles. The molecule has 0 bridgehead atoms. The quantitative estimate of drug-likeness (QED) is 0.366. The molecule has 0 radical (unpaired) electrons. The predicted octanol–water partition coefficient (Wildman–Crippen LogP) is 5.15. The average Bonchev–Trinajstić information content (AvgIpc) is 3.40. The summed E-state index contributed by atoms with van der Waals surface area (Å²) in [5.41, 5.74) is 1.95. The molecule has 3 aromatic heterocycles. The minimum absolute atomic E-state index is 0.0279. The van der Waals surface area contributed by atoms with Crippen LogP contribution in [0.2, 0.25) is 0 Å². The molecule has 0 saturated heterocycles. The molecule has 172 valence electrons. The van der Waals surface area contributed by atoms with Crippen LogP contribution < -0.4 is 15.7 Å². The number of hydrogen-bond acceptors (Lipinski definition) is 7. The van der Waals surface area contributed by atoms with Gasteiger partial charge in [-0.05, 0) is 42.8 Å². The van der Waals surface area contributed by atoms with Crippen LogP contribution in [0, 0.1) is 13.8 Å². The number of carbonyl (C=O) groups excluding carboxylic acids is 1. The first kappa shape index (κ1) is 21.9. The summed E-state index contributed by atoms with van der Waals surface area (Å²) in [5.74, 6) is 1.45. The van der Waals surface area contributed by atoms with Crippen molar-refractivity contribution in [1.82, 2.24) is 10.3 Å². The summed E-state index contributed by atoms with van der Waals surface area (Å²) >= 11 is 1.53. The van der Waals surface area contributed by atoms with E-state index in [1.54, 1.807) is 20.1 Å². The first-order valence-corrected chi connectivity index (χ1v) is 11.6. The van der Waals surface area contributed by atoms with Crippen molar-refractivity contribution in [2.75, 3.05) is 7.11 Å². The van der Waals surface area contributed by atoms with Gasteiger partial charge in [0.2, 0.25) is 5.91 Å². The zero-order valence-corrected chi connectivity index (χ0v) is 19.7. The van der Waals surface area contributed by atoms with Crippen LogP contribution in [0.5, 0.6) is 5.75 Å². The lowest BCUT2D eigenvalue weighted by Crippen LogP contribution is -2.25. The van der Waals surface area contributed by atoms with Gasteiger partial charge in [0.25, 0.3) is 0 Å². The van der Waals surface area contributed by atoms with Crippen molar-refractivity contribution in [3.63, 3.8) is 0 Å². The smallest absolute Gasteiger partial charge is 0.347 e. The Labute approximate surface area is 199 Å². The molecule has 1 amide bonds. The summed E-state index contributed by atoms with van der Waals surface area (Å²) < 4.78 is 16.8. The van der Waals surface area contributed by atoms with Gasteiger partial charge in [-0.15, -0.1) is 11.3 Å². The molecule has 8 heteroatoms. The zero-order valence-electron chi connectivity index (χ0n) is 18.9. The topological polar surface area (TPSA) is 94.6 Å². The zero-order chi connectivity index (χ0) is 23.8. The van der Waals surface area contributed by atoms with E-state index in [1.807, 2.05) is 48.7 Å². The van der Waals surface area contributed by atoms with Gasteiger partial charge >= 0.3 is 5.63 Å². The summed E-state index contributed by atoms with van der Waals surface area (Å²) in [6, 6.07) is 13.3. The molecule has 0 fully saturated rings. The molecule has 0 atom stereocenters. The van der Waals surface area contributed by atoms with Gasteiger partial charge in [0.05, 0.1) is 30.8 Å². The lowest BCUT2D eigenvalue weighted by molar-refractivity contribution is -0.120. The van der Waals surface area contributed by atoms with Crippen LogP contribution in [0.3, 0.4) is 0 Å². The molecule has 1 N–H and O–H groups in total. The number of fused-ring (bicyclic) bond motifs is 2. The number of amides is 1. The van der Waals surface area contributed by atoms with Gasteiger partial charge in [-0.2, -0.15) is 0 Å². The van der Waals surface area contributed by atoms with E-state index < -0.39 is 5.63 Å². The Morgan fingerprint density at radius 2 is 1.88 bits per heavy atom. The van der Waals surface area contributed by atoms with Crippen molar-refractivity contribution in [2.45, 2.75) is 26.8 Å². The number of nitrogens with zero attached hydrogens (tertiary/aromatic N) is 1. The molecule has 2 aromatic carbocycles. The predicted molar refractivity (Wildman–Crippen MR) is 131 cm³/mol. The molecule has 0 aliphatic heterocycles. The Bertz CT molecular complexity index is 1590. The first-order valence-electron chi connectivity index (χ1n) is 10.7. The van der Waals surface area contributed by atoms with Gasteiger partial charge in [0.15, 0.2) is 0 Å². The molecule has 0 unspecified atom stereocenters. The van der Waals surface area contributed by atoms with Crippen LogP contribution in [0.1, 0.15) is 22.0 Å². The fourth-order valence-corrected chi connectivity index (χ4v) is 4.63. The number of ether oxygens (including phenoxy) is 1. The van der Waals surface area contributed by atoms with Crippen LogP contribution in [-0.4, -0.2) is 18.0 Å². The monoisotopic (exact) mass is 474 g/mol. The molecular formula is C26H22N2O5S. The van der Waals surface area contributed by atoms with E-state index in [0.717, 1.165) is 32.8 Å². The summed E-state index contributed by atoms with van der Waals surface area (Å²) in [6.45, 7) is 3.93. The van der Waals surface area contributed by atoms with Crippen molar-refractivity contribution in [3.05, 3.63) is 80.3 Å². The van der Waals surface area contributed by atoms with Crippen molar-refractivity contribution in [2.24, 2.45) is 0 Å². The van der Waals surface area contributed by atoms with Crippen LogP contribution in [0.4, 0.5) is 0 Å². The van der Waals surface area contributed by atoms with Gasteiger partial charge < -0.3 is 18.9 Å². The summed E-state index contributed by atoms with van der Waals surface area (Å²) in [4.78, 5) is 30.0. The number of aromatic nitrogens is 1. The number of hydrogen-bond donors (Lipinski definition) is 1. The fraction of sp³-hybridized carbons (Fsp3) is 0.192. The summed E-state index contributed by atoms with van der Waals surface area (Å²) in [5, 5.41) is 8.01. The highest BCUT2D eigenvalue weighted by atomic mass is 32.1. The number of carbonyl (C=O) groups is 1. The van der Waals surface area contributed by atoms with Gasteiger partial charge in [0.1, 0.15) is 28.2 Å². The standard InChI is InChI=1S/C26H22N2O5S/c1-14-8-22-24(26(30)32-14)21(11-23(29)27-12-19-13-34-15(2)28-19)25(33-22)18-5-4-17-10-20(31-3)7-6-16(17)9-18/h4-10,13H,11-12H2,1-3H3,(H,27,29). The van der Waals surface area contributed by atoms with Gasteiger partial charge in [-0.3, -0.25) is 4.79 Å². The maximum Gasteiger partial charge on any atom is 0.347 e. The number of benzene rings is 2. The number of thiazole rings is 1. The Kier molecular flexibility index (Phi) is 5.67. The third kappa shape index (κ3) is 4.20. The molecule has 0 aliphatic rings. The van der Waals surface area contributed by atoms with E-state index in [-0.39, 0.29) is 17.7 Å². The minimum atomic E-state index is -0.520. The molecule has 34 heavy (non-hydrogen) atoms. The van der Waals surface area contributed by atoms with Crippen molar-refractivity contribution in [3.8, 4) is 17.1 Å². The van der Waals surface area contributed by atoms with E-state index in [9.17, 15) is 9.59 Å². The van der Waals surface area contributed by atoms with Crippen LogP contribution in [-0.2, 0) is 17.8 Å². The Balaban J connectivity index is 1.55. The fourth-order valence-electron chi connectivity index (χ4n) is 4.02. The van der Waals surface area contributed by atoms with E-state index in [2.05, 4.69) is 10.3 Å². The lowest BCUT2D eigenvalue weighted by Gasteiger charge is -2.07. The number of nitrogens with one attached hydrogen (secondary N) is 1. The first-order chi connectivity index (χ1) is 16.4. The number of aryl methyl sites for hydroxylation is 2. The highest BCUT2D eigenvalue weighted by Gasteiger charge is 2.22. The second-order valence-corrected chi connectivity index (χ2v) is 9.09. The molecule has 0 aliphatic carbocycles. The van der Waals surface area contributed by atoms with E-state index in [1.165, 1.54) is 11.3 Å². The molecule has 5 aromatic rings. The van der Waals surface area contributed by atoms with Gasteiger partial charge in [-0.25, -0.2) is 9.78 Å². The molecule has 5 rings (SSSR count). The van der Waals surface area contributed by atoms with Crippen LogP contribution >= 0.6 is 11.3 Å². The average molecular weight is 475 g/mol. The van der Waals surface area contributed by atoms with Crippen molar-refractivity contribution >= 4 is 39.0 Å². The third-order valence-electron chi connectivity index (χ3n) is 5.61. The third-order valence-corrected chi connectivity index (χ3v) is 6.43. The largest absolute Gasteiger partial charge is 0.497 e. The number of methoxy groups -OCH3 is 1. The summed E-state index contributed by atoms with van der Waals surface area (Å²) in [6.07, 6.45) is -0.0279. The maximum atomic E-state index is 12.9. The minimum Gasteiger partial charge on any atom is -0.497 e. The van der Waals surface area contributed by atoms with Crippen LogP contribution in [0.15, 0.2) is 61.5 Å². The second-order valence-electron chi connectivity index (χ2n) is 8.03. The van der Waals surface area contributed by atoms with E-state index in [0.29, 0.717) is 29.2 Å². The normalized spacial score (nSPS) is 11.3. The molecule has 7 nitrogen and oxygen atoms in total. The number of rotatable bonds is 6. The van der Waals surface area contributed by atoms with Crippen LogP contribution in [0.25, 0.3) is 33.1 Å². The Hall–Kier alpha value is -3.91. The highest BCUT2D eigenvalue weighted by Crippen LogP contribution is 2.35.